The predicted octanol–water partition coefficient (Wildman–Crippen LogP) is 1.90. The number of aliphatic hydroxyl groups is 1. The molecule has 0 aliphatic heterocycles. The molecule has 0 heterocycles. The second kappa shape index (κ2) is 7.99. The summed E-state index contributed by atoms with van der Waals surface area (Å²) >= 11 is 0. The Morgan fingerprint density at radius 3 is 2.33 bits per heavy atom. The quantitative estimate of drug-likeness (QED) is 0.837. The second-order valence-electron chi connectivity index (χ2n) is 4.52. The number of para-hydroxylation sites is 1. The van der Waals surface area contributed by atoms with E-state index in [2.05, 4.69) is 0 Å². The Morgan fingerprint density at radius 1 is 1.24 bits per heavy atom. The summed E-state index contributed by atoms with van der Waals surface area (Å²) in [5.74, 6) is -0.429. The first-order valence-corrected chi connectivity index (χ1v) is 6.62. The average molecular weight is 304 g/mol. The van der Waals surface area contributed by atoms with Crippen LogP contribution in [0.1, 0.15) is 6.92 Å². The molecular formula is C14H19F3N2O2. The number of carbonyl (C=O) groups is 1. The molecule has 1 aromatic rings. The van der Waals surface area contributed by atoms with Crippen molar-refractivity contribution in [1.82, 2.24) is 4.90 Å². The first kappa shape index (κ1) is 17.5. The summed E-state index contributed by atoms with van der Waals surface area (Å²) in [5.41, 5.74) is 0.640. The Morgan fingerprint density at radius 2 is 1.86 bits per heavy atom. The Balaban J connectivity index is 2.75. The van der Waals surface area contributed by atoms with Crippen molar-refractivity contribution in [1.29, 1.82) is 0 Å². The van der Waals surface area contributed by atoms with Gasteiger partial charge in [0.15, 0.2) is 0 Å². The van der Waals surface area contributed by atoms with E-state index in [1.54, 1.807) is 37.3 Å². The maximum atomic E-state index is 12.4. The molecule has 1 aromatic carbocycles. The van der Waals surface area contributed by atoms with Gasteiger partial charge in [0, 0.05) is 18.8 Å². The van der Waals surface area contributed by atoms with E-state index in [-0.39, 0.29) is 13.1 Å². The maximum absolute atomic E-state index is 12.4. The number of amides is 1. The van der Waals surface area contributed by atoms with Crippen LogP contribution in [0.4, 0.5) is 18.9 Å². The fourth-order valence-corrected chi connectivity index (χ4v) is 2.00. The van der Waals surface area contributed by atoms with Crippen LogP contribution in [0.15, 0.2) is 30.3 Å². The third-order valence-electron chi connectivity index (χ3n) is 2.86. The van der Waals surface area contributed by atoms with Gasteiger partial charge in [0.25, 0.3) is 0 Å². The third kappa shape index (κ3) is 6.14. The van der Waals surface area contributed by atoms with E-state index in [0.717, 1.165) is 4.90 Å². The Hall–Kier alpha value is -1.60. The molecule has 0 saturated carbocycles. The molecule has 0 aliphatic carbocycles. The Bertz CT molecular complexity index is 438. The average Bonchev–Trinajstić information content (AvgIpc) is 2.39. The molecule has 4 nitrogen and oxygen atoms in total. The maximum Gasteiger partial charge on any atom is 0.401 e. The molecule has 1 N–H and O–H groups in total. The van der Waals surface area contributed by atoms with Gasteiger partial charge in [-0.1, -0.05) is 18.2 Å². The van der Waals surface area contributed by atoms with Gasteiger partial charge in [-0.25, -0.2) is 0 Å². The van der Waals surface area contributed by atoms with Crippen LogP contribution in [-0.4, -0.2) is 54.9 Å². The number of halogens is 3. The molecule has 7 heteroatoms. The molecule has 118 valence electrons. The number of rotatable bonds is 7. The minimum atomic E-state index is -4.40. The molecule has 0 radical (unpaired) electrons. The summed E-state index contributed by atoms with van der Waals surface area (Å²) in [4.78, 5) is 14.5. The van der Waals surface area contributed by atoms with Crippen molar-refractivity contribution >= 4 is 11.6 Å². The number of carbonyl (C=O) groups excluding carboxylic acids is 1. The largest absolute Gasteiger partial charge is 0.401 e. The molecule has 0 fully saturated rings. The molecule has 0 spiro atoms. The van der Waals surface area contributed by atoms with Gasteiger partial charge in [-0.15, -0.1) is 0 Å². The first-order valence-electron chi connectivity index (χ1n) is 6.62. The summed E-state index contributed by atoms with van der Waals surface area (Å²) in [6.45, 7) is -0.111. The highest BCUT2D eigenvalue weighted by Crippen LogP contribution is 2.17. The van der Waals surface area contributed by atoms with E-state index in [1.165, 1.54) is 4.90 Å². The predicted molar refractivity (Wildman–Crippen MR) is 74.0 cm³/mol. The number of benzene rings is 1. The van der Waals surface area contributed by atoms with E-state index in [4.69, 9.17) is 5.11 Å². The third-order valence-corrected chi connectivity index (χ3v) is 2.86. The van der Waals surface area contributed by atoms with Crippen molar-refractivity contribution in [3.63, 3.8) is 0 Å². The van der Waals surface area contributed by atoms with Crippen LogP contribution in [0.3, 0.4) is 0 Å². The number of nitrogens with zero attached hydrogens (tertiary/aromatic N) is 2. The fraction of sp³-hybridized carbons (Fsp3) is 0.500. The molecule has 1 amide bonds. The normalized spacial score (nSPS) is 11.7. The molecular weight excluding hydrogens is 285 g/mol. The topological polar surface area (TPSA) is 43.8 Å². The van der Waals surface area contributed by atoms with Crippen LogP contribution in [0.25, 0.3) is 0 Å². The summed E-state index contributed by atoms with van der Waals surface area (Å²) in [6.07, 6.45) is -4.40. The number of hydrogen-bond donors (Lipinski definition) is 1. The van der Waals surface area contributed by atoms with Gasteiger partial charge in [-0.3, -0.25) is 9.69 Å². The number of aliphatic hydroxyl groups excluding tert-OH is 1. The Kier molecular flexibility index (Phi) is 6.64. The lowest BCUT2D eigenvalue weighted by Gasteiger charge is -2.27. The van der Waals surface area contributed by atoms with Crippen LogP contribution in [0.2, 0.25) is 0 Å². The monoisotopic (exact) mass is 304 g/mol. The van der Waals surface area contributed by atoms with Crippen molar-refractivity contribution in [2.45, 2.75) is 13.1 Å². The summed E-state index contributed by atoms with van der Waals surface area (Å²) in [5, 5.41) is 8.83. The van der Waals surface area contributed by atoms with Crippen molar-refractivity contribution < 1.29 is 23.1 Å². The van der Waals surface area contributed by atoms with E-state index >= 15 is 0 Å². The molecule has 0 aliphatic rings. The molecule has 0 atom stereocenters. The van der Waals surface area contributed by atoms with E-state index < -0.39 is 25.2 Å². The van der Waals surface area contributed by atoms with Gasteiger partial charge in [0.1, 0.15) is 0 Å². The highest BCUT2D eigenvalue weighted by molar-refractivity contribution is 5.94. The van der Waals surface area contributed by atoms with Crippen LogP contribution in [0, 0.1) is 0 Å². The number of hydrogen-bond acceptors (Lipinski definition) is 3. The van der Waals surface area contributed by atoms with Crippen molar-refractivity contribution in [2.24, 2.45) is 0 Å². The smallest absolute Gasteiger partial charge is 0.395 e. The van der Waals surface area contributed by atoms with Crippen LogP contribution in [0.5, 0.6) is 0 Å². The number of anilines is 1. The SMILES string of the molecule is CCN(C(=O)CN(CCO)CC(F)(F)F)c1ccccc1. The molecule has 0 aromatic heterocycles. The highest BCUT2D eigenvalue weighted by Gasteiger charge is 2.31. The van der Waals surface area contributed by atoms with E-state index in [0.29, 0.717) is 12.2 Å². The lowest BCUT2D eigenvalue weighted by molar-refractivity contribution is -0.149. The minimum absolute atomic E-state index is 0.197. The fourth-order valence-electron chi connectivity index (χ4n) is 2.00. The van der Waals surface area contributed by atoms with Crippen LogP contribution in [-0.2, 0) is 4.79 Å². The van der Waals surface area contributed by atoms with E-state index in [9.17, 15) is 18.0 Å². The van der Waals surface area contributed by atoms with Crippen LogP contribution < -0.4 is 4.90 Å². The van der Waals surface area contributed by atoms with Gasteiger partial charge in [-0.2, -0.15) is 13.2 Å². The summed E-state index contributed by atoms with van der Waals surface area (Å²) < 4.78 is 37.3. The van der Waals surface area contributed by atoms with Crippen LogP contribution >= 0.6 is 0 Å². The van der Waals surface area contributed by atoms with Crippen molar-refractivity contribution in [2.75, 3.05) is 37.7 Å². The number of alkyl halides is 3. The molecule has 1 rings (SSSR count). The minimum Gasteiger partial charge on any atom is -0.395 e. The first-order chi connectivity index (χ1) is 9.87. The zero-order chi connectivity index (χ0) is 15.9. The van der Waals surface area contributed by atoms with Gasteiger partial charge < -0.3 is 10.0 Å². The van der Waals surface area contributed by atoms with E-state index in [1.807, 2.05) is 0 Å². The molecule has 0 bridgehead atoms. The second-order valence-corrected chi connectivity index (χ2v) is 4.52. The lowest BCUT2D eigenvalue weighted by Crippen LogP contribution is -2.44. The standard InChI is InChI=1S/C14H19F3N2O2/c1-2-19(12-6-4-3-5-7-12)13(21)10-18(8-9-20)11-14(15,16)17/h3-7,20H,2,8-11H2,1H3. The van der Waals surface area contributed by atoms with Gasteiger partial charge in [-0.05, 0) is 19.1 Å². The van der Waals surface area contributed by atoms with Gasteiger partial charge >= 0.3 is 6.18 Å². The highest BCUT2D eigenvalue weighted by atomic mass is 19.4. The number of likely N-dealkylation sites (N-methyl/N-ethyl adjacent to an activating group) is 1. The van der Waals surface area contributed by atoms with Gasteiger partial charge in [0.2, 0.25) is 5.91 Å². The zero-order valence-corrected chi connectivity index (χ0v) is 11.8. The van der Waals surface area contributed by atoms with Gasteiger partial charge in [0.05, 0.1) is 19.7 Å². The van der Waals surface area contributed by atoms with Crippen molar-refractivity contribution in [3.05, 3.63) is 30.3 Å². The van der Waals surface area contributed by atoms with Crippen molar-refractivity contribution in [3.8, 4) is 0 Å². The zero-order valence-electron chi connectivity index (χ0n) is 11.8. The molecule has 21 heavy (non-hydrogen) atoms. The summed E-state index contributed by atoms with van der Waals surface area (Å²) in [6, 6.07) is 8.76. The lowest BCUT2D eigenvalue weighted by atomic mass is 10.2. The Labute approximate surface area is 121 Å². The molecule has 0 saturated heterocycles. The summed E-state index contributed by atoms with van der Waals surface area (Å²) in [7, 11) is 0. The molecule has 0 unspecified atom stereocenters.